The van der Waals surface area contributed by atoms with Crippen LogP contribution in [0, 0.1) is 0 Å². The third-order valence-electron chi connectivity index (χ3n) is 5.59. The molecule has 2 aromatic rings. The summed E-state index contributed by atoms with van der Waals surface area (Å²) in [4.78, 5) is 20.0. The molecule has 0 aliphatic carbocycles. The van der Waals surface area contributed by atoms with E-state index in [1.807, 2.05) is 35.2 Å². The fourth-order valence-corrected chi connectivity index (χ4v) is 4.12. The number of hydrogen-bond acceptors (Lipinski definition) is 5. The van der Waals surface area contributed by atoms with Crippen molar-refractivity contribution in [2.75, 3.05) is 39.8 Å². The first-order chi connectivity index (χ1) is 14.2. The maximum absolute atomic E-state index is 11.2. The summed E-state index contributed by atoms with van der Waals surface area (Å²) in [5.41, 5.74) is 2.23. The van der Waals surface area contributed by atoms with Crippen molar-refractivity contribution in [3.8, 4) is 5.75 Å². The maximum atomic E-state index is 11.2. The van der Waals surface area contributed by atoms with Crippen LogP contribution in [0.3, 0.4) is 0 Å². The molecule has 0 radical (unpaired) electrons. The average Bonchev–Trinajstić information content (AvgIpc) is 2.74. The molecule has 29 heavy (non-hydrogen) atoms. The number of hydrogen-bond donors (Lipinski definition) is 1. The third kappa shape index (κ3) is 6.54. The molecule has 3 rings (SSSR count). The summed E-state index contributed by atoms with van der Waals surface area (Å²) in [5, 5.41) is 9.21. The van der Waals surface area contributed by atoms with Gasteiger partial charge in [0.2, 0.25) is 0 Å². The van der Waals surface area contributed by atoms with E-state index in [9.17, 15) is 9.90 Å². The van der Waals surface area contributed by atoms with Gasteiger partial charge in [-0.1, -0.05) is 24.3 Å². The molecule has 6 heteroatoms. The molecule has 2 heterocycles. The zero-order valence-electron chi connectivity index (χ0n) is 17.2. The van der Waals surface area contributed by atoms with Crippen LogP contribution in [0.4, 0.5) is 0 Å². The zero-order valence-corrected chi connectivity index (χ0v) is 17.2. The van der Waals surface area contributed by atoms with Gasteiger partial charge in [0.15, 0.2) is 0 Å². The number of carboxylic acid groups (broad SMARTS) is 1. The summed E-state index contributed by atoms with van der Waals surface area (Å²) < 4.78 is 5.52. The molecular weight excluding hydrogens is 366 g/mol. The number of carbonyl (C=O) groups is 1. The van der Waals surface area contributed by atoms with Crippen LogP contribution in [-0.4, -0.2) is 65.7 Å². The molecule has 1 aromatic carbocycles. The largest absolute Gasteiger partial charge is 0.496 e. The van der Waals surface area contributed by atoms with E-state index < -0.39 is 5.97 Å². The Balaban J connectivity index is 1.44. The fraction of sp³-hybridized carbons (Fsp3) is 0.478. The summed E-state index contributed by atoms with van der Waals surface area (Å²) in [5.74, 6) is 0.749. The topological polar surface area (TPSA) is 65.9 Å². The summed E-state index contributed by atoms with van der Waals surface area (Å²) in [6.45, 7) is 4.52. The first-order valence-corrected chi connectivity index (χ1v) is 10.3. The Hall–Kier alpha value is -2.44. The molecule has 0 atom stereocenters. The monoisotopic (exact) mass is 397 g/mol. The SMILES string of the molecule is COc1ccccc1C1CCN(CCCN(CC(=O)O)Cc2ccccn2)CC1. The lowest BCUT2D eigenvalue weighted by molar-refractivity contribution is -0.138. The molecule has 0 amide bonds. The van der Waals surface area contributed by atoms with E-state index in [2.05, 4.69) is 22.0 Å². The van der Waals surface area contributed by atoms with Crippen LogP contribution in [0.25, 0.3) is 0 Å². The summed E-state index contributed by atoms with van der Waals surface area (Å²) >= 11 is 0. The molecule has 1 N–H and O–H groups in total. The number of piperidine rings is 1. The Morgan fingerprint density at radius 1 is 1.21 bits per heavy atom. The molecular formula is C23H31N3O3. The van der Waals surface area contributed by atoms with Gasteiger partial charge in [-0.15, -0.1) is 0 Å². The number of nitrogens with zero attached hydrogens (tertiary/aromatic N) is 3. The number of pyridine rings is 1. The molecule has 156 valence electrons. The van der Waals surface area contributed by atoms with Crippen molar-refractivity contribution >= 4 is 5.97 Å². The Morgan fingerprint density at radius 3 is 2.66 bits per heavy atom. The minimum absolute atomic E-state index is 0.0481. The number of carboxylic acids is 1. The first-order valence-electron chi connectivity index (χ1n) is 10.3. The van der Waals surface area contributed by atoms with Crippen LogP contribution >= 0.6 is 0 Å². The van der Waals surface area contributed by atoms with Gasteiger partial charge < -0.3 is 14.7 Å². The highest BCUT2D eigenvalue weighted by atomic mass is 16.5. The second-order valence-electron chi connectivity index (χ2n) is 7.64. The van der Waals surface area contributed by atoms with Crippen LogP contribution in [0.5, 0.6) is 5.75 Å². The van der Waals surface area contributed by atoms with Gasteiger partial charge in [-0.05, 0) is 68.6 Å². The third-order valence-corrected chi connectivity index (χ3v) is 5.59. The van der Waals surface area contributed by atoms with Crippen molar-refractivity contribution in [2.45, 2.75) is 31.7 Å². The average molecular weight is 398 g/mol. The van der Waals surface area contributed by atoms with Gasteiger partial charge in [0, 0.05) is 19.3 Å². The normalized spacial score (nSPS) is 15.5. The lowest BCUT2D eigenvalue weighted by atomic mass is 9.89. The molecule has 1 aliphatic heterocycles. The van der Waals surface area contributed by atoms with Crippen LogP contribution in [0.2, 0.25) is 0 Å². The van der Waals surface area contributed by atoms with Gasteiger partial charge in [-0.25, -0.2) is 0 Å². The predicted octanol–water partition coefficient (Wildman–Crippen LogP) is 3.25. The number of rotatable bonds is 10. The van der Waals surface area contributed by atoms with Crippen LogP contribution in [0.1, 0.15) is 36.4 Å². The Labute approximate surface area is 173 Å². The van der Waals surface area contributed by atoms with Gasteiger partial charge in [-0.3, -0.25) is 14.7 Å². The molecule has 0 unspecified atom stereocenters. The van der Waals surface area contributed by atoms with Gasteiger partial charge in [0.05, 0.1) is 19.3 Å². The minimum Gasteiger partial charge on any atom is -0.496 e. The van der Waals surface area contributed by atoms with E-state index in [0.29, 0.717) is 12.5 Å². The van der Waals surface area contributed by atoms with Crippen molar-refractivity contribution < 1.29 is 14.6 Å². The van der Waals surface area contributed by atoms with Crippen molar-refractivity contribution in [3.05, 3.63) is 59.9 Å². The molecule has 0 spiro atoms. The Morgan fingerprint density at radius 2 is 1.97 bits per heavy atom. The van der Waals surface area contributed by atoms with E-state index in [1.165, 1.54) is 5.56 Å². The molecule has 1 saturated heterocycles. The number of aliphatic carboxylic acids is 1. The van der Waals surface area contributed by atoms with Crippen molar-refractivity contribution in [1.29, 1.82) is 0 Å². The first kappa shape index (κ1) is 21.3. The summed E-state index contributed by atoms with van der Waals surface area (Å²) in [6, 6.07) is 14.1. The van der Waals surface area contributed by atoms with Crippen molar-refractivity contribution in [3.63, 3.8) is 0 Å². The highest BCUT2D eigenvalue weighted by molar-refractivity contribution is 5.69. The van der Waals surface area contributed by atoms with Crippen molar-refractivity contribution in [2.24, 2.45) is 0 Å². The molecule has 1 aliphatic rings. The van der Waals surface area contributed by atoms with E-state index in [4.69, 9.17) is 4.74 Å². The highest BCUT2D eigenvalue weighted by Gasteiger charge is 2.22. The smallest absolute Gasteiger partial charge is 0.317 e. The second kappa shape index (κ2) is 10.9. The quantitative estimate of drug-likeness (QED) is 0.664. The number of aromatic nitrogens is 1. The predicted molar refractivity (Wildman–Crippen MR) is 113 cm³/mol. The molecule has 1 aromatic heterocycles. The Bertz CT molecular complexity index is 761. The lowest BCUT2D eigenvalue weighted by Gasteiger charge is -2.33. The number of benzene rings is 1. The molecule has 0 bridgehead atoms. The molecule has 1 fully saturated rings. The zero-order chi connectivity index (χ0) is 20.5. The summed E-state index contributed by atoms with van der Waals surface area (Å²) in [6.07, 6.45) is 4.97. The lowest BCUT2D eigenvalue weighted by Crippen LogP contribution is -2.36. The van der Waals surface area contributed by atoms with E-state index in [-0.39, 0.29) is 6.54 Å². The van der Waals surface area contributed by atoms with Crippen molar-refractivity contribution in [1.82, 2.24) is 14.8 Å². The van der Waals surface area contributed by atoms with Gasteiger partial charge in [0.1, 0.15) is 5.75 Å². The van der Waals surface area contributed by atoms with E-state index >= 15 is 0 Å². The fourth-order valence-electron chi connectivity index (χ4n) is 4.12. The van der Waals surface area contributed by atoms with Crippen LogP contribution < -0.4 is 4.74 Å². The summed E-state index contributed by atoms with van der Waals surface area (Å²) in [7, 11) is 1.74. The Kier molecular flexibility index (Phi) is 8.02. The minimum atomic E-state index is -0.793. The van der Waals surface area contributed by atoms with Gasteiger partial charge in [-0.2, -0.15) is 0 Å². The van der Waals surface area contributed by atoms with Gasteiger partial charge in [0.25, 0.3) is 0 Å². The number of likely N-dealkylation sites (tertiary alicyclic amines) is 1. The van der Waals surface area contributed by atoms with E-state index in [1.54, 1.807) is 13.3 Å². The molecule has 0 saturated carbocycles. The standard InChI is InChI=1S/C23H31N3O3/c1-29-22-9-3-2-8-21(22)19-10-15-25(16-11-19)13-6-14-26(18-23(27)28)17-20-7-4-5-12-24-20/h2-5,7-9,12,19H,6,10-11,13-18H2,1H3,(H,27,28). The second-order valence-corrected chi connectivity index (χ2v) is 7.64. The van der Waals surface area contributed by atoms with Crippen LogP contribution in [-0.2, 0) is 11.3 Å². The highest BCUT2D eigenvalue weighted by Crippen LogP contribution is 2.33. The van der Waals surface area contributed by atoms with Crippen LogP contribution in [0.15, 0.2) is 48.7 Å². The number of ether oxygens (including phenoxy) is 1. The number of methoxy groups -OCH3 is 1. The molecule has 6 nitrogen and oxygen atoms in total. The van der Waals surface area contributed by atoms with Gasteiger partial charge >= 0.3 is 5.97 Å². The van der Waals surface area contributed by atoms with E-state index in [0.717, 1.165) is 56.9 Å². The maximum Gasteiger partial charge on any atom is 0.317 e. The number of para-hydroxylation sites is 1.